The number of carbonyl (C=O) groups excluding carboxylic acids is 2. The number of carbonyl (C=O) groups is 2. The first-order valence-corrected chi connectivity index (χ1v) is 12.4. The lowest BCUT2D eigenvalue weighted by Gasteiger charge is -2.26. The lowest BCUT2D eigenvalue weighted by molar-refractivity contribution is 0.0939. The zero-order valence-corrected chi connectivity index (χ0v) is 21.7. The summed E-state index contributed by atoms with van der Waals surface area (Å²) in [5.41, 5.74) is 4.25. The predicted molar refractivity (Wildman–Crippen MR) is 148 cm³/mol. The predicted octanol–water partition coefficient (Wildman–Crippen LogP) is 5.31. The average molecular weight is 498 g/mol. The number of hydrogen-bond acceptors (Lipinski definition) is 5. The van der Waals surface area contributed by atoms with Crippen molar-refractivity contribution < 1.29 is 14.7 Å². The Morgan fingerprint density at radius 1 is 0.973 bits per heavy atom. The highest BCUT2D eigenvalue weighted by Gasteiger charge is 2.26. The van der Waals surface area contributed by atoms with E-state index in [4.69, 9.17) is 0 Å². The van der Waals surface area contributed by atoms with Crippen LogP contribution >= 0.6 is 0 Å². The zero-order valence-electron chi connectivity index (χ0n) is 21.7. The minimum Gasteiger partial charge on any atom is -0.374 e. The van der Waals surface area contributed by atoms with Crippen LogP contribution in [0.25, 0.3) is 11.1 Å². The molecule has 1 heterocycles. The maximum absolute atomic E-state index is 13.5. The van der Waals surface area contributed by atoms with Crippen LogP contribution in [0.2, 0.25) is 0 Å². The number of nitrogens with zero attached hydrogens (tertiary/aromatic N) is 1. The first kappa shape index (κ1) is 27.6. The second-order valence-electron chi connectivity index (χ2n) is 9.59. The number of hydrogen-bond donors (Lipinski definition) is 3. The number of nitrogens with one attached hydrogen (secondary N) is 2. The van der Waals surface area contributed by atoms with Crippen molar-refractivity contribution in [2.24, 2.45) is 11.8 Å². The van der Waals surface area contributed by atoms with Gasteiger partial charge in [-0.3, -0.25) is 14.6 Å². The Morgan fingerprint density at radius 2 is 1.65 bits per heavy atom. The van der Waals surface area contributed by atoms with E-state index in [-0.39, 0.29) is 35.4 Å². The largest absolute Gasteiger partial charge is 0.374 e. The fourth-order valence-corrected chi connectivity index (χ4v) is 3.97. The Labute approximate surface area is 219 Å². The van der Waals surface area contributed by atoms with E-state index in [1.165, 1.54) is 0 Å². The van der Waals surface area contributed by atoms with Gasteiger partial charge in [0.25, 0.3) is 5.91 Å². The normalized spacial score (nSPS) is 12.5. The first-order chi connectivity index (χ1) is 17.7. The molecule has 3 rings (SSSR count). The molecular formula is C31H35N3O3. The smallest absolute Gasteiger partial charge is 0.251 e. The second kappa shape index (κ2) is 12.8. The van der Waals surface area contributed by atoms with Crippen LogP contribution in [0, 0.1) is 18.8 Å². The van der Waals surface area contributed by atoms with Crippen LogP contribution in [-0.4, -0.2) is 34.6 Å². The number of Topliss-reactive ketones (excluding diaryl/α,β-unsaturated/α-hetero) is 1. The molecule has 0 fully saturated rings. The Balaban J connectivity index is 1.82. The molecule has 6 heteroatoms. The average Bonchev–Trinajstić information content (AvgIpc) is 2.88. The molecule has 0 aliphatic carbocycles. The van der Waals surface area contributed by atoms with Gasteiger partial charge in [0, 0.05) is 35.5 Å². The molecule has 0 spiro atoms. The van der Waals surface area contributed by atoms with Crippen LogP contribution in [0.3, 0.4) is 0 Å². The number of amides is 1. The van der Waals surface area contributed by atoms with Crippen LogP contribution in [0.1, 0.15) is 46.7 Å². The number of aliphatic hydroxyl groups excluding tert-OH is 1. The van der Waals surface area contributed by atoms with Gasteiger partial charge in [-0.1, -0.05) is 75.0 Å². The van der Waals surface area contributed by atoms with Gasteiger partial charge in [0.2, 0.25) is 5.78 Å². The van der Waals surface area contributed by atoms with Crippen LogP contribution in [0.15, 0.2) is 97.4 Å². The van der Waals surface area contributed by atoms with Gasteiger partial charge in [0.05, 0.1) is 0 Å². The van der Waals surface area contributed by atoms with E-state index in [1.807, 2.05) is 69.3 Å². The Hall–Kier alpha value is -4.03. The lowest BCUT2D eigenvalue weighted by Crippen LogP contribution is -2.38. The van der Waals surface area contributed by atoms with Crippen molar-refractivity contribution in [2.75, 3.05) is 6.54 Å². The zero-order chi connectivity index (χ0) is 26.9. The van der Waals surface area contributed by atoms with E-state index in [0.29, 0.717) is 17.7 Å². The summed E-state index contributed by atoms with van der Waals surface area (Å²) in [5, 5.41) is 16.3. The van der Waals surface area contributed by atoms with E-state index >= 15 is 0 Å². The molecule has 37 heavy (non-hydrogen) atoms. The summed E-state index contributed by atoms with van der Waals surface area (Å²) in [6.07, 6.45) is 1.25. The van der Waals surface area contributed by atoms with Gasteiger partial charge in [0.1, 0.15) is 11.9 Å². The van der Waals surface area contributed by atoms with Crippen molar-refractivity contribution in [2.45, 2.75) is 33.4 Å². The number of benzene rings is 2. The molecule has 0 unspecified atom stereocenters. The molecule has 3 N–H and O–H groups in total. The van der Waals surface area contributed by atoms with Gasteiger partial charge < -0.3 is 15.7 Å². The third-order valence-corrected chi connectivity index (χ3v) is 6.06. The van der Waals surface area contributed by atoms with Crippen molar-refractivity contribution in [3.05, 3.63) is 114 Å². The monoisotopic (exact) mass is 497 g/mol. The van der Waals surface area contributed by atoms with Crippen LogP contribution in [0.5, 0.6) is 0 Å². The van der Waals surface area contributed by atoms with Gasteiger partial charge in [-0.2, -0.15) is 0 Å². The van der Waals surface area contributed by atoms with E-state index in [9.17, 15) is 14.7 Å². The summed E-state index contributed by atoms with van der Waals surface area (Å²) < 4.78 is 0. The third kappa shape index (κ3) is 7.72. The van der Waals surface area contributed by atoms with Gasteiger partial charge in [-0.15, -0.1) is 0 Å². The molecule has 1 aromatic heterocycles. The summed E-state index contributed by atoms with van der Waals surface area (Å²) in [6.45, 7) is 14.2. The number of rotatable bonds is 12. The van der Waals surface area contributed by atoms with Crippen molar-refractivity contribution in [3.63, 3.8) is 0 Å². The lowest BCUT2D eigenvalue weighted by atomic mass is 9.91. The number of pyridine rings is 1. The SMILES string of the molecule is C=C(N[C@H](O)CC(C)C)[C@H](CNC(=O)c1ccc(C)cc1)C(=C)C(=O)c1cc(-c2ccccc2)ccn1. The van der Waals surface area contributed by atoms with Crippen LogP contribution in [0.4, 0.5) is 0 Å². The van der Waals surface area contributed by atoms with Crippen molar-refractivity contribution in [1.29, 1.82) is 0 Å². The summed E-state index contributed by atoms with van der Waals surface area (Å²) in [4.78, 5) is 30.5. The van der Waals surface area contributed by atoms with Gasteiger partial charge in [-0.25, -0.2) is 0 Å². The number of ketones is 1. The van der Waals surface area contributed by atoms with Crippen molar-refractivity contribution >= 4 is 11.7 Å². The molecule has 2 atom stereocenters. The molecule has 3 aromatic rings. The minimum atomic E-state index is -0.842. The van der Waals surface area contributed by atoms with Gasteiger partial charge >= 0.3 is 0 Å². The van der Waals surface area contributed by atoms with Crippen LogP contribution < -0.4 is 10.6 Å². The van der Waals surface area contributed by atoms with Crippen LogP contribution in [-0.2, 0) is 0 Å². The summed E-state index contributed by atoms with van der Waals surface area (Å²) >= 11 is 0. The van der Waals surface area contributed by atoms with E-state index in [0.717, 1.165) is 16.7 Å². The highest BCUT2D eigenvalue weighted by Crippen LogP contribution is 2.24. The van der Waals surface area contributed by atoms with Gasteiger partial charge in [0.15, 0.2) is 0 Å². The molecule has 192 valence electrons. The molecule has 1 amide bonds. The first-order valence-electron chi connectivity index (χ1n) is 12.4. The van der Waals surface area contributed by atoms with Gasteiger partial charge in [-0.05, 0) is 54.7 Å². The fraction of sp³-hybridized carbons (Fsp3) is 0.258. The molecule has 0 bridgehead atoms. The van der Waals surface area contributed by atoms with E-state index in [2.05, 4.69) is 28.8 Å². The fourth-order valence-electron chi connectivity index (χ4n) is 3.97. The molecule has 2 aromatic carbocycles. The Bertz CT molecular complexity index is 1250. The summed E-state index contributed by atoms with van der Waals surface area (Å²) in [6, 6.07) is 20.5. The highest BCUT2D eigenvalue weighted by molar-refractivity contribution is 6.08. The van der Waals surface area contributed by atoms with Crippen molar-refractivity contribution in [3.8, 4) is 11.1 Å². The third-order valence-electron chi connectivity index (χ3n) is 6.06. The Morgan fingerprint density at radius 3 is 2.30 bits per heavy atom. The summed E-state index contributed by atoms with van der Waals surface area (Å²) in [7, 11) is 0. The summed E-state index contributed by atoms with van der Waals surface area (Å²) in [5.74, 6) is -1.03. The number of aryl methyl sites for hydroxylation is 1. The number of aromatic nitrogens is 1. The molecule has 0 radical (unpaired) electrons. The standard InChI is InChI=1S/C31H35N3O3/c1-20(2)17-29(35)34-23(5)27(19-33-31(37)25-13-11-21(3)12-14-25)22(4)30(36)28-18-26(15-16-32-28)24-9-7-6-8-10-24/h6-16,18,20,27,29,34-35H,4-5,17,19H2,1-3H3,(H,33,37)/t27-,29-/m1/s1. The quantitative estimate of drug-likeness (QED) is 0.179. The molecule has 0 aliphatic heterocycles. The molecular weight excluding hydrogens is 462 g/mol. The molecule has 0 aliphatic rings. The molecule has 6 nitrogen and oxygen atoms in total. The molecule has 0 saturated carbocycles. The van der Waals surface area contributed by atoms with E-state index < -0.39 is 12.1 Å². The molecule has 0 saturated heterocycles. The maximum atomic E-state index is 13.5. The van der Waals surface area contributed by atoms with Crippen molar-refractivity contribution in [1.82, 2.24) is 15.6 Å². The second-order valence-corrected chi connectivity index (χ2v) is 9.59. The number of aliphatic hydroxyl groups is 1. The topological polar surface area (TPSA) is 91.3 Å². The highest BCUT2D eigenvalue weighted by atomic mass is 16.3. The Kier molecular flexibility index (Phi) is 9.52. The van der Waals surface area contributed by atoms with E-state index in [1.54, 1.807) is 24.4 Å². The minimum absolute atomic E-state index is 0.0793. The maximum Gasteiger partial charge on any atom is 0.251 e.